The number of carbonyl (C=O) groups excluding carboxylic acids is 7. The number of rotatable bonds is 11. The Labute approximate surface area is 185 Å². The number of carbonyl (C=O) groups is 7. The molecule has 1 heterocycles. The second kappa shape index (κ2) is 12.7. The van der Waals surface area contributed by atoms with Crippen LogP contribution in [-0.4, -0.2) is 71.4 Å². The van der Waals surface area contributed by atoms with Gasteiger partial charge >= 0.3 is 29.8 Å². The Kier molecular flexibility index (Phi) is 10.7. The molecule has 0 spiro atoms. The van der Waals surface area contributed by atoms with Gasteiger partial charge in [-0.3, -0.25) is 19.2 Å². The number of hydrogen-bond acceptors (Lipinski definition) is 12. The van der Waals surface area contributed by atoms with E-state index in [1.807, 2.05) is 16.2 Å². The van der Waals surface area contributed by atoms with Gasteiger partial charge in [0.05, 0.1) is 6.61 Å². The van der Waals surface area contributed by atoms with E-state index in [4.69, 9.17) is 18.9 Å². The topological polar surface area (TPSA) is 169 Å². The Morgan fingerprint density at radius 3 is 1.84 bits per heavy atom. The molecule has 2 amide bonds. The van der Waals surface area contributed by atoms with E-state index < -0.39 is 59.7 Å². The van der Waals surface area contributed by atoms with Crippen LogP contribution in [0, 0.1) is 0 Å². The molecule has 0 aromatic rings. The summed E-state index contributed by atoms with van der Waals surface area (Å²) in [7, 11) is 1.89. The van der Waals surface area contributed by atoms with Gasteiger partial charge in [-0.25, -0.2) is 14.4 Å². The Hall–Kier alpha value is -3.08. The third kappa shape index (κ3) is 8.22. The van der Waals surface area contributed by atoms with Gasteiger partial charge in [-0.15, -0.1) is 5.06 Å². The van der Waals surface area contributed by atoms with Gasteiger partial charge in [0, 0.05) is 26.7 Å². The van der Waals surface area contributed by atoms with E-state index in [0.29, 0.717) is 6.42 Å². The van der Waals surface area contributed by atoms with E-state index in [1.165, 1.54) is 0 Å². The van der Waals surface area contributed by atoms with Gasteiger partial charge in [0.2, 0.25) is 18.1 Å². The maximum atomic E-state index is 12.5. The number of amides is 2. The average molecular weight is 477 g/mol. The van der Waals surface area contributed by atoms with Gasteiger partial charge in [-0.1, -0.05) is 22.6 Å². The van der Waals surface area contributed by atoms with Crippen LogP contribution in [0.25, 0.3) is 0 Å². The Bertz CT molecular complexity index is 766. The van der Waals surface area contributed by atoms with Crippen LogP contribution in [0.5, 0.6) is 0 Å². The van der Waals surface area contributed by atoms with Crippen LogP contribution in [0.15, 0.2) is 0 Å². The highest BCUT2D eigenvalue weighted by Gasteiger charge is 2.45. The van der Waals surface area contributed by atoms with Gasteiger partial charge < -0.3 is 23.8 Å². The first-order chi connectivity index (χ1) is 15.0. The molecule has 1 rings (SSSR count). The molecule has 32 heavy (non-hydrogen) atoms. The van der Waals surface area contributed by atoms with Gasteiger partial charge in [0.1, 0.15) is 0 Å². The van der Waals surface area contributed by atoms with Crippen LogP contribution in [0.3, 0.4) is 0 Å². The van der Waals surface area contributed by atoms with Crippen molar-refractivity contribution in [3.05, 3.63) is 0 Å². The summed E-state index contributed by atoms with van der Waals surface area (Å²) in [6.07, 6.45) is -3.55. The molecule has 13 nitrogen and oxygen atoms in total. The zero-order chi connectivity index (χ0) is 24.4. The number of nitrogens with zero attached hydrogens (tertiary/aromatic N) is 1. The van der Waals surface area contributed by atoms with Crippen molar-refractivity contribution in [3.63, 3.8) is 0 Å². The maximum absolute atomic E-state index is 12.5. The molecule has 0 radical (unpaired) electrons. The third-order valence-electron chi connectivity index (χ3n) is 3.73. The lowest BCUT2D eigenvalue weighted by Crippen LogP contribution is -2.49. The van der Waals surface area contributed by atoms with Crippen LogP contribution in [0.1, 0.15) is 46.5 Å². The van der Waals surface area contributed by atoms with Crippen LogP contribution < -0.4 is 0 Å². The summed E-state index contributed by atoms with van der Waals surface area (Å²) in [5.41, 5.74) is 0. The van der Waals surface area contributed by atoms with Crippen LogP contribution >= 0.6 is 9.24 Å². The Morgan fingerprint density at radius 1 is 0.875 bits per heavy atom. The fourth-order valence-electron chi connectivity index (χ4n) is 2.26. The molecule has 1 saturated heterocycles. The van der Waals surface area contributed by atoms with Crippen molar-refractivity contribution < 1.29 is 57.3 Å². The quantitative estimate of drug-likeness (QED) is 0.124. The fourth-order valence-corrected chi connectivity index (χ4v) is 2.49. The minimum atomic E-state index is -2.24. The van der Waals surface area contributed by atoms with Gasteiger partial charge in [-0.2, -0.15) is 0 Å². The first-order valence-corrected chi connectivity index (χ1v) is 10.2. The zero-order valence-electron chi connectivity index (χ0n) is 17.7. The molecule has 0 N–H and O–H groups in total. The van der Waals surface area contributed by atoms with Crippen molar-refractivity contribution in [3.8, 4) is 0 Å². The molecule has 0 aliphatic carbocycles. The number of hydrogen-bond donors (Lipinski definition) is 0. The summed E-state index contributed by atoms with van der Waals surface area (Å²) in [6.45, 7) is 3.71. The summed E-state index contributed by atoms with van der Waals surface area (Å²) < 4.78 is 19.2. The first kappa shape index (κ1) is 27.0. The number of ether oxygens (including phenoxy) is 4. The second-order valence-corrected chi connectivity index (χ2v) is 7.04. The van der Waals surface area contributed by atoms with E-state index in [-0.39, 0.29) is 24.5 Å². The van der Waals surface area contributed by atoms with E-state index in [1.54, 1.807) is 0 Å². The third-order valence-corrected chi connectivity index (χ3v) is 4.14. The van der Waals surface area contributed by atoms with E-state index in [2.05, 4.69) is 4.84 Å². The zero-order valence-corrected chi connectivity index (χ0v) is 18.8. The monoisotopic (exact) mass is 477 g/mol. The smallest absolute Gasteiger partial charge is 0.377 e. The van der Waals surface area contributed by atoms with Crippen molar-refractivity contribution in [1.82, 2.24) is 5.06 Å². The van der Waals surface area contributed by atoms with E-state index in [0.717, 1.165) is 20.3 Å². The number of hydroxylamine groups is 2. The molecule has 1 aliphatic heterocycles. The molecule has 0 bridgehead atoms. The minimum absolute atomic E-state index is 0.0748. The van der Waals surface area contributed by atoms with E-state index in [9.17, 15) is 33.6 Å². The molecule has 14 heteroatoms. The number of imide groups is 1. The lowest BCUT2D eigenvalue weighted by Gasteiger charge is -2.25. The second-order valence-electron chi connectivity index (χ2n) is 6.43. The predicted molar refractivity (Wildman–Crippen MR) is 104 cm³/mol. The molecule has 1 aliphatic rings. The van der Waals surface area contributed by atoms with Crippen LogP contribution in [0.2, 0.25) is 0 Å². The standard InChI is InChI=1S/C18H24NO12P/c1-4-5-8-27-17(26)18(32)30-15(24)13(28-9(2)20)14(29-10(3)21)16(25)31-19-11(22)6-7-12(19)23/h13-14,18H,4-8,32H2,1-3H3/t13-,14-,18-/m1/s1. The van der Waals surface area contributed by atoms with Crippen molar-refractivity contribution in [2.24, 2.45) is 0 Å². The van der Waals surface area contributed by atoms with Crippen LogP contribution in [0.4, 0.5) is 0 Å². The SMILES string of the molecule is CCCCOC(=O)[C@@H](P)OC(=O)[C@H](OC(C)=O)[C@@H](OC(C)=O)C(=O)ON1C(=O)CCC1=O. The predicted octanol–water partition coefficient (Wildman–Crippen LogP) is -0.455. The molecule has 178 valence electrons. The van der Waals surface area contributed by atoms with Crippen molar-refractivity contribution in [1.29, 1.82) is 0 Å². The summed E-state index contributed by atoms with van der Waals surface area (Å²) >= 11 is 0. The van der Waals surface area contributed by atoms with E-state index >= 15 is 0 Å². The molecule has 1 fully saturated rings. The molecule has 4 atom stereocenters. The lowest BCUT2D eigenvalue weighted by molar-refractivity contribution is -0.214. The highest BCUT2D eigenvalue weighted by Crippen LogP contribution is 2.18. The molecular weight excluding hydrogens is 453 g/mol. The molecule has 1 unspecified atom stereocenters. The van der Waals surface area contributed by atoms with Crippen molar-refractivity contribution in [2.75, 3.05) is 6.61 Å². The highest BCUT2D eigenvalue weighted by molar-refractivity contribution is 7.19. The summed E-state index contributed by atoms with van der Waals surface area (Å²) in [4.78, 5) is 87.9. The summed E-state index contributed by atoms with van der Waals surface area (Å²) in [5.74, 6) is -9.31. The molecular formula is C18H24NO12P. The molecule has 0 aromatic carbocycles. The number of esters is 4. The Morgan fingerprint density at radius 2 is 1.38 bits per heavy atom. The fraction of sp³-hybridized carbons (Fsp3) is 0.611. The van der Waals surface area contributed by atoms with Crippen molar-refractivity contribution in [2.45, 2.75) is 64.5 Å². The maximum Gasteiger partial charge on any atom is 0.377 e. The number of unbranched alkanes of at least 4 members (excludes halogenated alkanes) is 1. The highest BCUT2D eigenvalue weighted by atomic mass is 31.0. The summed E-state index contributed by atoms with van der Waals surface area (Å²) in [6, 6.07) is 0. The van der Waals surface area contributed by atoms with Crippen molar-refractivity contribution >= 4 is 50.9 Å². The van der Waals surface area contributed by atoms with Crippen LogP contribution in [-0.2, 0) is 57.3 Å². The van der Waals surface area contributed by atoms with Gasteiger partial charge in [-0.05, 0) is 6.42 Å². The summed E-state index contributed by atoms with van der Waals surface area (Å²) in [5, 5.41) is 0.151. The molecule has 0 aromatic heterocycles. The van der Waals surface area contributed by atoms with Gasteiger partial charge in [0.25, 0.3) is 11.8 Å². The largest absolute Gasteiger partial charge is 0.463 e. The minimum Gasteiger partial charge on any atom is -0.463 e. The van der Waals surface area contributed by atoms with Gasteiger partial charge in [0.15, 0.2) is 0 Å². The normalized spacial score (nSPS) is 15.9. The first-order valence-electron chi connectivity index (χ1n) is 9.52. The Balaban J connectivity index is 3.03. The average Bonchev–Trinajstić information content (AvgIpc) is 3.02. The molecule has 0 saturated carbocycles. The lowest BCUT2D eigenvalue weighted by atomic mass is 10.2.